The maximum Gasteiger partial charge on any atom is 0.180 e. The molecule has 0 heterocycles. The fourth-order valence-corrected chi connectivity index (χ4v) is 3.99. The molecule has 132 valence electrons. The maximum absolute atomic E-state index is 12.8. The number of azo groups is 1. The van der Waals surface area contributed by atoms with Crippen molar-refractivity contribution in [2.45, 2.75) is 17.9 Å². The van der Waals surface area contributed by atoms with Gasteiger partial charge < -0.3 is 0 Å². The first-order valence-corrected chi connectivity index (χ1v) is 10.00. The summed E-state index contributed by atoms with van der Waals surface area (Å²) < 4.78 is 25.5. The van der Waals surface area contributed by atoms with Crippen molar-refractivity contribution in [3.63, 3.8) is 0 Å². The van der Waals surface area contributed by atoms with E-state index in [0.29, 0.717) is 10.6 Å². The lowest BCUT2D eigenvalue weighted by Gasteiger charge is -2.12. The molecule has 0 amide bonds. The average molecular weight is 364 g/mol. The number of nitrogens with zero attached hydrogens (tertiary/aromatic N) is 2. The van der Waals surface area contributed by atoms with Gasteiger partial charge in [-0.25, -0.2) is 8.42 Å². The van der Waals surface area contributed by atoms with Gasteiger partial charge in [0.2, 0.25) is 0 Å². The van der Waals surface area contributed by atoms with Crippen LogP contribution in [-0.4, -0.2) is 14.2 Å². The molecule has 4 nitrogen and oxygen atoms in total. The third kappa shape index (κ3) is 4.64. The second kappa shape index (κ2) is 8.06. The Morgan fingerprint density at radius 1 is 0.808 bits per heavy atom. The van der Waals surface area contributed by atoms with E-state index in [9.17, 15) is 8.42 Å². The number of rotatable bonds is 6. The van der Waals surface area contributed by atoms with E-state index in [4.69, 9.17) is 0 Å². The van der Waals surface area contributed by atoms with E-state index in [2.05, 4.69) is 10.2 Å². The summed E-state index contributed by atoms with van der Waals surface area (Å²) in [6.45, 7) is 2.00. The normalized spacial score (nSPS) is 13.0. The van der Waals surface area contributed by atoms with Gasteiger partial charge in [-0.05, 0) is 36.8 Å². The average Bonchev–Trinajstić information content (AvgIpc) is 2.68. The van der Waals surface area contributed by atoms with E-state index in [-0.39, 0.29) is 5.75 Å². The summed E-state index contributed by atoms with van der Waals surface area (Å²) in [4.78, 5) is 0.298. The zero-order valence-corrected chi connectivity index (χ0v) is 15.3. The largest absolute Gasteiger partial charge is 0.224 e. The Morgan fingerprint density at radius 3 is 2.00 bits per heavy atom. The molecule has 0 saturated heterocycles. The Bertz CT molecular complexity index is 968. The summed E-state index contributed by atoms with van der Waals surface area (Å²) in [5.41, 5.74) is 2.66. The highest BCUT2D eigenvalue weighted by Gasteiger charge is 2.22. The zero-order valence-electron chi connectivity index (χ0n) is 14.5. The van der Waals surface area contributed by atoms with E-state index in [1.807, 2.05) is 61.5 Å². The molecule has 0 aliphatic heterocycles. The minimum Gasteiger partial charge on any atom is -0.224 e. The van der Waals surface area contributed by atoms with Crippen LogP contribution in [0.2, 0.25) is 0 Å². The minimum absolute atomic E-state index is 0.129. The van der Waals surface area contributed by atoms with E-state index >= 15 is 0 Å². The molecule has 0 fully saturated rings. The van der Waals surface area contributed by atoms with Crippen LogP contribution in [-0.2, 0) is 9.84 Å². The van der Waals surface area contributed by atoms with E-state index < -0.39 is 15.9 Å². The molecule has 3 rings (SSSR count). The Labute approximate surface area is 154 Å². The monoisotopic (exact) mass is 364 g/mol. The number of hydrogen-bond donors (Lipinski definition) is 0. The molecule has 3 aromatic carbocycles. The summed E-state index contributed by atoms with van der Waals surface area (Å²) in [6.07, 6.45) is 0. The zero-order chi connectivity index (χ0) is 18.4. The topological polar surface area (TPSA) is 58.9 Å². The molecule has 0 aliphatic carbocycles. The van der Waals surface area contributed by atoms with Gasteiger partial charge in [0.05, 0.1) is 16.3 Å². The Balaban J connectivity index is 1.90. The molecule has 0 saturated carbocycles. The lowest BCUT2D eigenvalue weighted by Crippen LogP contribution is -2.13. The summed E-state index contributed by atoms with van der Waals surface area (Å²) >= 11 is 0. The van der Waals surface area contributed by atoms with Crippen LogP contribution in [0.5, 0.6) is 0 Å². The fourth-order valence-electron chi connectivity index (χ4n) is 2.55. The van der Waals surface area contributed by atoms with E-state index in [1.54, 1.807) is 30.3 Å². The molecule has 26 heavy (non-hydrogen) atoms. The second-order valence-corrected chi connectivity index (χ2v) is 8.11. The van der Waals surface area contributed by atoms with Gasteiger partial charge in [-0.15, -0.1) is 0 Å². The van der Waals surface area contributed by atoms with Gasteiger partial charge in [-0.1, -0.05) is 66.2 Å². The van der Waals surface area contributed by atoms with E-state index in [0.717, 1.165) is 11.1 Å². The number of benzene rings is 3. The highest BCUT2D eigenvalue weighted by molar-refractivity contribution is 7.91. The van der Waals surface area contributed by atoms with Crippen molar-refractivity contribution in [3.05, 3.63) is 96.1 Å². The van der Waals surface area contributed by atoms with Crippen molar-refractivity contribution in [1.82, 2.24) is 0 Å². The number of aryl methyl sites for hydroxylation is 1. The minimum atomic E-state index is -3.47. The van der Waals surface area contributed by atoms with Gasteiger partial charge in [0.1, 0.15) is 6.04 Å². The van der Waals surface area contributed by atoms with Gasteiger partial charge >= 0.3 is 0 Å². The predicted molar refractivity (Wildman–Crippen MR) is 103 cm³/mol. The third-order valence-corrected chi connectivity index (χ3v) is 5.76. The quantitative estimate of drug-likeness (QED) is 0.558. The summed E-state index contributed by atoms with van der Waals surface area (Å²) in [5, 5.41) is 8.61. The van der Waals surface area contributed by atoms with Crippen LogP contribution in [0.4, 0.5) is 5.69 Å². The molecule has 3 aromatic rings. The van der Waals surface area contributed by atoms with E-state index in [1.165, 1.54) is 0 Å². The predicted octanol–water partition coefficient (Wildman–Crippen LogP) is 5.29. The van der Waals surface area contributed by atoms with Gasteiger partial charge in [0.15, 0.2) is 9.84 Å². The highest BCUT2D eigenvalue weighted by atomic mass is 32.2. The maximum atomic E-state index is 12.8. The lowest BCUT2D eigenvalue weighted by atomic mass is 10.1. The van der Waals surface area contributed by atoms with Gasteiger partial charge in [0, 0.05) is 0 Å². The van der Waals surface area contributed by atoms with Crippen LogP contribution in [0.1, 0.15) is 17.2 Å². The molecule has 0 N–H and O–H groups in total. The Hall–Kier alpha value is -2.79. The van der Waals surface area contributed by atoms with Crippen molar-refractivity contribution in [2.75, 3.05) is 5.75 Å². The fraction of sp³-hybridized carbons (Fsp3) is 0.143. The molecule has 0 bridgehead atoms. The van der Waals surface area contributed by atoms with Crippen LogP contribution in [0.25, 0.3) is 0 Å². The molecule has 1 unspecified atom stereocenters. The third-order valence-electron chi connectivity index (χ3n) is 4.01. The lowest BCUT2D eigenvalue weighted by molar-refractivity contribution is 0.587. The Morgan fingerprint density at radius 2 is 1.38 bits per heavy atom. The first kappa shape index (κ1) is 18.0. The van der Waals surface area contributed by atoms with Crippen molar-refractivity contribution in [3.8, 4) is 0 Å². The first-order chi connectivity index (χ1) is 12.5. The molecule has 0 radical (unpaired) electrons. The van der Waals surface area contributed by atoms with Crippen LogP contribution in [0, 0.1) is 6.92 Å². The molecular formula is C21H20N2O2S. The van der Waals surface area contributed by atoms with Gasteiger partial charge in [0.25, 0.3) is 0 Å². The molecular weight excluding hydrogens is 344 g/mol. The van der Waals surface area contributed by atoms with Gasteiger partial charge in [-0.3, -0.25) is 0 Å². The van der Waals surface area contributed by atoms with Crippen molar-refractivity contribution in [1.29, 1.82) is 0 Å². The smallest absolute Gasteiger partial charge is 0.180 e. The van der Waals surface area contributed by atoms with Crippen LogP contribution in [0.15, 0.2) is 100 Å². The van der Waals surface area contributed by atoms with Crippen LogP contribution >= 0.6 is 0 Å². The Kier molecular flexibility index (Phi) is 5.58. The highest BCUT2D eigenvalue weighted by Crippen LogP contribution is 2.25. The molecule has 5 heteroatoms. The van der Waals surface area contributed by atoms with Crippen LogP contribution in [0.3, 0.4) is 0 Å². The number of sulfone groups is 1. The summed E-state index contributed by atoms with van der Waals surface area (Å²) in [6, 6.07) is 24.9. The molecule has 0 aliphatic rings. The second-order valence-electron chi connectivity index (χ2n) is 6.07. The van der Waals surface area contributed by atoms with Crippen LogP contribution < -0.4 is 0 Å². The standard InChI is InChI=1S/C21H20N2O2S/c1-17-12-14-19(15-13-17)22-23-21(18-8-4-2-5-9-18)16-26(24,25)20-10-6-3-7-11-20/h2-15,21H,16H2,1H3. The van der Waals surface area contributed by atoms with Crippen molar-refractivity contribution >= 4 is 15.5 Å². The summed E-state index contributed by atoms with van der Waals surface area (Å²) in [5.74, 6) is -0.129. The SMILES string of the molecule is Cc1ccc(N=NC(CS(=O)(=O)c2ccccc2)c2ccccc2)cc1. The molecule has 1 atom stereocenters. The number of hydrogen-bond acceptors (Lipinski definition) is 4. The first-order valence-electron chi connectivity index (χ1n) is 8.35. The van der Waals surface area contributed by atoms with Crippen molar-refractivity contribution in [2.24, 2.45) is 10.2 Å². The molecule has 0 aromatic heterocycles. The molecule has 0 spiro atoms. The van der Waals surface area contributed by atoms with Gasteiger partial charge in [-0.2, -0.15) is 10.2 Å². The summed E-state index contributed by atoms with van der Waals surface area (Å²) in [7, 11) is -3.47. The van der Waals surface area contributed by atoms with Crippen molar-refractivity contribution < 1.29 is 8.42 Å².